The molecule has 0 radical (unpaired) electrons. The monoisotopic (exact) mass is 288 g/mol. The number of aromatic nitrogens is 2. The molecule has 0 bridgehead atoms. The van der Waals surface area contributed by atoms with Crippen molar-refractivity contribution in [2.45, 2.75) is 6.92 Å². The standard InChI is InChI=1S/C14H16N4O3/c1-8-11(7-15-17-8)9-4-5-12(16-14(20)21)10(6-9)13(19)18(2)3/h4-7,16H,1-3H3,(H,15,17)(H,20,21). The maximum atomic E-state index is 12.2. The molecule has 0 spiro atoms. The molecular formula is C14H16N4O3. The number of amides is 2. The van der Waals surface area contributed by atoms with Crippen LogP contribution in [0.25, 0.3) is 11.1 Å². The van der Waals surface area contributed by atoms with Gasteiger partial charge in [-0.3, -0.25) is 15.2 Å². The SMILES string of the molecule is Cc1[nH]ncc1-c1ccc(NC(=O)O)c(C(=O)N(C)C)c1. The number of aryl methyl sites for hydroxylation is 1. The Hall–Kier alpha value is -2.83. The quantitative estimate of drug-likeness (QED) is 0.806. The van der Waals surface area contributed by atoms with Gasteiger partial charge >= 0.3 is 6.09 Å². The molecule has 2 amide bonds. The lowest BCUT2D eigenvalue weighted by Crippen LogP contribution is -2.23. The second kappa shape index (κ2) is 5.66. The molecule has 21 heavy (non-hydrogen) atoms. The highest BCUT2D eigenvalue weighted by molar-refractivity contribution is 6.03. The molecule has 1 aromatic heterocycles. The van der Waals surface area contributed by atoms with Crippen molar-refractivity contribution in [3.63, 3.8) is 0 Å². The van der Waals surface area contributed by atoms with Crippen molar-refractivity contribution in [1.29, 1.82) is 0 Å². The summed E-state index contributed by atoms with van der Waals surface area (Å²) < 4.78 is 0. The third kappa shape index (κ3) is 3.02. The van der Waals surface area contributed by atoms with Crippen LogP contribution in [0.15, 0.2) is 24.4 Å². The minimum Gasteiger partial charge on any atom is -0.465 e. The molecule has 0 atom stereocenters. The van der Waals surface area contributed by atoms with E-state index in [-0.39, 0.29) is 11.6 Å². The van der Waals surface area contributed by atoms with Crippen LogP contribution in [0.4, 0.5) is 10.5 Å². The first-order valence-corrected chi connectivity index (χ1v) is 6.26. The third-order valence-corrected chi connectivity index (χ3v) is 3.04. The molecule has 0 unspecified atom stereocenters. The lowest BCUT2D eigenvalue weighted by atomic mass is 10.0. The highest BCUT2D eigenvalue weighted by atomic mass is 16.4. The Morgan fingerprint density at radius 3 is 2.57 bits per heavy atom. The zero-order valence-corrected chi connectivity index (χ0v) is 12.0. The van der Waals surface area contributed by atoms with Gasteiger partial charge in [-0.25, -0.2) is 4.79 Å². The number of benzene rings is 1. The molecular weight excluding hydrogens is 272 g/mol. The lowest BCUT2D eigenvalue weighted by molar-refractivity contribution is 0.0828. The molecule has 2 aromatic rings. The second-order valence-corrected chi connectivity index (χ2v) is 4.80. The molecule has 0 saturated carbocycles. The summed E-state index contributed by atoms with van der Waals surface area (Å²) in [4.78, 5) is 24.5. The van der Waals surface area contributed by atoms with E-state index in [2.05, 4.69) is 15.5 Å². The van der Waals surface area contributed by atoms with Crippen molar-refractivity contribution in [2.24, 2.45) is 0 Å². The Kier molecular flexibility index (Phi) is 3.93. The summed E-state index contributed by atoms with van der Waals surface area (Å²) in [7, 11) is 3.23. The Bertz CT molecular complexity index is 691. The second-order valence-electron chi connectivity index (χ2n) is 4.80. The molecule has 7 nitrogen and oxygen atoms in total. The van der Waals surface area contributed by atoms with Crippen LogP contribution in [0.1, 0.15) is 16.1 Å². The summed E-state index contributed by atoms with van der Waals surface area (Å²) in [5.74, 6) is -0.276. The van der Waals surface area contributed by atoms with Crippen molar-refractivity contribution >= 4 is 17.7 Å². The normalized spacial score (nSPS) is 10.2. The van der Waals surface area contributed by atoms with E-state index < -0.39 is 6.09 Å². The first kappa shape index (κ1) is 14.6. The third-order valence-electron chi connectivity index (χ3n) is 3.04. The van der Waals surface area contributed by atoms with Gasteiger partial charge in [0.25, 0.3) is 5.91 Å². The molecule has 0 aliphatic rings. The van der Waals surface area contributed by atoms with Crippen LogP contribution in [0.2, 0.25) is 0 Å². The van der Waals surface area contributed by atoms with E-state index in [1.54, 1.807) is 38.5 Å². The minimum absolute atomic E-state index is 0.256. The molecule has 1 heterocycles. The fraction of sp³-hybridized carbons (Fsp3) is 0.214. The van der Waals surface area contributed by atoms with Gasteiger partial charge in [0.2, 0.25) is 0 Å². The Morgan fingerprint density at radius 1 is 1.33 bits per heavy atom. The summed E-state index contributed by atoms with van der Waals surface area (Å²) in [5.41, 5.74) is 3.08. The number of rotatable bonds is 3. The Labute approximate surface area is 121 Å². The number of anilines is 1. The van der Waals surface area contributed by atoms with Gasteiger partial charge in [0.1, 0.15) is 0 Å². The van der Waals surface area contributed by atoms with Crippen LogP contribution in [0, 0.1) is 6.92 Å². The number of carboxylic acid groups (broad SMARTS) is 1. The number of hydrogen-bond donors (Lipinski definition) is 3. The predicted molar refractivity (Wildman–Crippen MR) is 78.4 cm³/mol. The zero-order valence-electron chi connectivity index (χ0n) is 12.0. The van der Waals surface area contributed by atoms with E-state index in [1.165, 1.54) is 4.90 Å². The van der Waals surface area contributed by atoms with Crippen molar-refractivity contribution in [3.05, 3.63) is 35.7 Å². The number of aromatic amines is 1. The fourth-order valence-corrected chi connectivity index (χ4v) is 2.00. The average Bonchev–Trinajstić information content (AvgIpc) is 2.84. The van der Waals surface area contributed by atoms with Crippen LogP contribution in [-0.2, 0) is 0 Å². The summed E-state index contributed by atoms with van der Waals surface area (Å²) in [6.45, 7) is 1.87. The van der Waals surface area contributed by atoms with Crippen LogP contribution in [-0.4, -0.2) is 46.3 Å². The summed E-state index contributed by atoms with van der Waals surface area (Å²) in [6, 6.07) is 4.98. The van der Waals surface area contributed by atoms with Crippen LogP contribution in [0.5, 0.6) is 0 Å². The van der Waals surface area contributed by atoms with E-state index in [0.29, 0.717) is 5.56 Å². The molecule has 0 fully saturated rings. The van der Waals surface area contributed by atoms with Crippen LogP contribution < -0.4 is 5.32 Å². The molecule has 110 valence electrons. The van der Waals surface area contributed by atoms with Gasteiger partial charge in [0, 0.05) is 25.4 Å². The zero-order chi connectivity index (χ0) is 15.6. The Morgan fingerprint density at radius 2 is 2.05 bits per heavy atom. The number of nitrogens with zero attached hydrogens (tertiary/aromatic N) is 2. The first-order valence-electron chi connectivity index (χ1n) is 6.26. The smallest absolute Gasteiger partial charge is 0.409 e. The summed E-state index contributed by atoms with van der Waals surface area (Å²) in [6.07, 6.45) is 0.453. The van der Waals surface area contributed by atoms with Crippen molar-refractivity contribution in [3.8, 4) is 11.1 Å². The van der Waals surface area contributed by atoms with Gasteiger partial charge in [-0.05, 0) is 24.6 Å². The van der Waals surface area contributed by atoms with Crippen molar-refractivity contribution < 1.29 is 14.7 Å². The topological polar surface area (TPSA) is 98.3 Å². The molecule has 7 heteroatoms. The average molecular weight is 288 g/mol. The fourth-order valence-electron chi connectivity index (χ4n) is 2.00. The molecule has 2 rings (SSSR count). The van der Waals surface area contributed by atoms with E-state index >= 15 is 0 Å². The largest absolute Gasteiger partial charge is 0.465 e. The number of H-pyrrole nitrogens is 1. The molecule has 0 aliphatic carbocycles. The van der Waals surface area contributed by atoms with E-state index in [9.17, 15) is 9.59 Å². The highest BCUT2D eigenvalue weighted by Gasteiger charge is 2.17. The lowest BCUT2D eigenvalue weighted by Gasteiger charge is -2.15. The van der Waals surface area contributed by atoms with E-state index in [1.807, 2.05) is 6.92 Å². The molecule has 0 saturated heterocycles. The van der Waals surface area contributed by atoms with Gasteiger partial charge in [-0.2, -0.15) is 5.10 Å². The molecule has 1 aromatic carbocycles. The van der Waals surface area contributed by atoms with E-state index in [4.69, 9.17) is 5.11 Å². The maximum Gasteiger partial charge on any atom is 0.409 e. The Balaban J connectivity index is 2.53. The van der Waals surface area contributed by atoms with Gasteiger partial charge in [0.15, 0.2) is 0 Å². The predicted octanol–water partition coefficient (Wildman–Crippen LogP) is 2.18. The number of nitrogens with one attached hydrogen (secondary N) is 2. The maximum absolute atomic E-state index is 12.2. The van der Waals surface area contributed by atoms with Gasteiger partial charge in [0.05, 0.1) is 17.4 Å². The number of carbonyl (C=O) groups excluding carboxylic acids is 1. The van der Waals surface area contributed by atoms with Crippen LogP contribution in [0.3, 0.4) is 0 Å². The highest BCUT2D eigenvalue weighted by Crippen LogP contribution is 2.27. The first-order chi connectivity index (χ1) is 9.90. The van der Waals surface area contributed by atoms with E-state index in [0.717, 1.165) is 16.8 Å². The molecule has 3 N–H and O–H groups in total. The van der Waals surface area contributed by atoms with Gasteiger partial charge < -0.3 is 10.0 Å². The van der Waals surface area contributed by atoms with Gasteiger partial charge in [-0.15, -0.1) is 0 Å². The van der Waals surface area contributed by atoms with Crippen molar-refractivity contribution in [1.82, 2.24) is 15.1 Å². The summed E-state index contributed by atoms with van der Waals surface area (Å²) >= 11 is 0. The van der Waals surface area contributed by atoms with Crippen LogP contribution >= 0.6 is 0 Å². The number of hydrogen-bond acceptors (Lipinski definition) is 3. The minimum atomic E-state index is -1.21. The van der Waals surface area contributed by atoms with Gasteiger partial charge in [-0.1, -0.05) is 6.07 Å². The number of carbonyl (C=O) groups is 2. The summed E-state index contributed by atoms with van der Waals surface area (Å²) in [5, 5.41) is 17.9. The molecule has 0 aliphatic heterocycles. The van der Waals surface area contributed by atoms with Crippen molar-refractivity contribution in [2.75, 3.05) is 19.4 Å².